The number of halogens is 1. The number of nitrogens with one attached hydrogen (secondary N) is 3. The Labute approximate surface area is 172 Å². The minimum atomic E-state index is -0.297. The number of benzene rings is 2. The van der Waals surface area contributed by atoms with Gasteiger partial charge in [-0.3, -0.25) is 14.9 Å². The highest BCUT2D eigenvalue weighted by Crippen LogP contribution is 2.16. The van der Waals surface area contributed by atoms with Gasteiger partial charge >= 0.3 is 0 Å². The standard InChI is InChI=1S/C19H20IN3O2S/c1-3-12(2)21-18(25)14-9-5-7-11-16(14)22-19(26)23-17(24)13-8-4-6-10-15(13)20/h4-12H,3H2,1-2H3,(H,21,25)(H2,22,23,24,26). The van der Waals surface area contributed by atoms with Gasteiger partial charge in [0, 0.05) is 9.61 Å². The third-order valence-corrected chi connectivity index (χ3v) is 4.90. The summed E-state index contributed by atoms with van der Waals surface area (Å²) in [6, 6.07) is 14.3. The first kappa shape index (κ1) is 20.3. The van der Waals surface area contributed by atoms with Crippen LogP contribution in [0, 0.1) is 3.57 Å². The normalized spacial score (nSPS) is 11.3. The molecule has 0 fully saturated rings. The van der Waals surface area contributed by atoms with Crippen molar-refractivity contribution in [3.05, 3.63) is 63.2 Å². The smallest absolute Gasteiger partial charge is 0.258 e. The Morgan fingerprint density at radius 2 is 1.65 bits per heavy atom. The molecule has 0 aliphatic carbocycles. The Balaban J connectivity index is 2.09. The monoisotopic (exact) mass is 481 g/mol. The fraction of sp³-hybridized carbons (Fsp3) is 0.211. The average Bonchev–Trinajstić information content (AvgIpc) is 2.62. The molecule has 0 aliphatic heterocycles. The summed E-state index contributed by atoms with van der Waals surface area (Å²) in [5, 5.41) is 8.65. The molecule has 0 spiro atoms. The van der Waals surface area contributed by atoms with E-state index in [2.05, 4.69) is 38.5 Å². The minimum Gasteiger partial charge on any atom is -0.350 e. The van der Waals surface area contributed by atoms with Crippen molar-refractivity contribution in [1.29, 1.82) is 0 Å². The summed E-state index contributed by atoms with van der Waals surface area (Å²) in [5.74, 6) is -0.483. The molecule has 2 aromatic carbocycles. The lowest BCUT2D eigenvalue weighted by Gasteiger charge is -2.16. The van der Waals surface area contributed by atoms with Gasteiger partial charge in [-0.25, -0.2) is 0 Å². The van der Waals surface area contributed by atoms with Gasteiger partial charge in [0.2, 0.25) is 0 Å². The Hall–Kier alpha value is -2.00. The van der Waals surface area contributed by atoms with Gasteiger partial charge in [0.05, 0.1) is 16.8 Å². The number of thiocarbonyl (C=S) groups is 1. The van der Waals surface area contributed by atoms with Crippen LogP contribution in [-0.4, -0.2) is 23.0 Å². The molecule has 0 radical (unpaired) electrons. The fourth-order valence-electron chi connectivity index (χ4n) is 2.16. The molecule has 0 saturated heterocycles. The lowest BCUT2D eigenvalue weighted by molar-refractivity contribution is 0.0938. The molecule has 5 nitrogen and oxygen atoms in total. The second-order valence-electron chi connectivity index (χ2n) is 5.72. The maximum Gasteiger partial charge on any atom is 0.258 e. The first-order valence-corrected chi connectivity index (χ1v) is 9.67. The quantitative estimate of drug-likeness (QED) is 0.447. The topological polar surface area (TPSA) is 70.2 Å². The lowest BCUT2D eigenvalue weighted by Crippen LogP contribution is -2.36. The van der Waals surface area contributed by atoms with Crippen molar-refractivity contribution >= 4 is 57.4 Å². The van der Waals surface area contributed by atoms with Gasteiger partial charge in [0.25, 0.3) is 11.8 Å². The number of para-hydroxylation sites is 1. The molecule has 0 bridgehead atoms. The highest BCUT2D eigenvalue weighted by atomic mass is 127. The molecule has 1 unspecified atom stereocenters. The van der Waals surface area contributed by atoms with E-state index in [1.165, 1.54) is 0 Å². The zero-order valence-electron chi connectivity index (χ0n) is 14.5. The van der Waals surface area contributed by atoms with Gasteiger partial charge < -0.3 is 10.6 Å². The average molecular weight is 481 g/mol. The first-order valence-electron chi connectivity index (χ1n) is 8.19. The molecule has 2 rings (SSSR count). The third-order valence-electron chi connectivity index (χ3n) is 3.76. The van der Waals surface area contributed by atoms with E-state index in [4.69, 9.17) is 12.2 Å². The van der Waals surface area contributed by atoms with Crippen LogP contribution in [0.25, 0.3) is 0 Å². The predicted molar refractivity (Wildman–Crippen MR) is 117 cm³/mol. The van der Waals surface area contributed by atoms with Crippen molar-refractivity contribution in [2.75, 3.05) is 5.32 Å². The van der Waals surface area contributed by atoms with Crippen LogP contribution in [0.3, 0.4) is 0 Å². The van der Waals surface area contributed by atoms with Crippen molar-refractivity contribution in [2.24, 2.45) is 0 Å². The van der Waals surface area contributed by atoms with Crippen LogP contribution in [0.5, 0.6) is 0 Å². The molecule has 0 aliphatic rings. The highest BCUT2D eigenvalue weighted by molar-refractivity contribution is 14.1. The van der Waals surface area contributed by atoms with E-state index in [0.29, 0.717) is 16.8 Å². The summed E-state index contributed by atoms with van der Waals surface area (Å²) >= 11 is 7.33. The number of amides is 2. The minimum absolute atomic E-state index is 0.0716. The molecule has 7 heteroatoms. The number of rotatable bonds is 5. The molecule has 2 amide bonds. The van der Waals surface area contributed by atoms with E-state index in [1.54, 1.807) is 36.4 Å². The van der Waals surface area contributed by atoms with Crippen LogP contribution >= 0.6 is 34.8 Å². The van der Waals surface area contributed by atoms with Crippen molar-refractivity contribution < 1.29 is 9.59 Å². The van der Waals surface area contributed by atoms with Crippen molar-refractivity contribution in [2.45, 2.75) is 26.3 Å². The second kappa shape index (κ2) is 9.63. The first-order chi connectivity index (χ1) is 12.4. The third kappa shape index (κ3) is 5.50. The molecular formula is C19H20IN3O2S. The van der Waals surface area contributed by atoms with Crippen LogP contribution in [0.15, 0.2) is 48.5 Å². The lowest BCUT2D eigenvalue weighted by atomic mass is 10.1. The van der Waals surface area contributed by atoms with E-state index >= 15 is 0 Å². The predicted octanol–water partition coefficient (Wildman–Crippen LogP) is 3.95. The highest BCUT2D eigenvalue weighted by Gasteiger charge is 2.15. The zero-order chi connectivity index (χ0) is 19.1. The summed E-state index contributed by atoms with van der Waals surface area (Å²) in [6.45, 7) is 3.95. The molecule has 136 valence electrons. The Morgan fingerprint density at radius 3 is 2.31 bits per heavy atom. The Morgan fingerprint density at radius 1 is 1.04 bits per heavy atom. The Kier molecular flexibility index (Phi) is 7.52. The zero-order valence-corrected chi connectivity index (χ0v) is 17.5. The van der Waals surface area contributed by atoms with Crippen LogP contribution in [-0.2, 0) is 0 Å². The van der Waals surface area contributed by atoms with Gasteiger partial charge in [-0.1, -0.05) is 31.2 Å². The maximum atomic E-state index is 12.4. The molecule has 2 aromatic rings. The van der Waals surface area contributed by atoms with Crippen LogP contribution in [0.4, 0.5) is 5.69 Å². The Bertz CT molecular complexity index is 826. The molecule has 0 heterocycles. The van der Waals surface area contributed by atoms with Gasteiger partial charge in [0.15, 0.2) is 5.11 Å². The molecule has 0 aromatic heterocycles. The molecule has 26 heavy (non-hydrogen) atoms. The van der Waals surface area contributed by atoms with Gasteiger partial charge in [0.1, 0.15) is 0 Å². The van der Waals surface area contributed by atoms with E-state index < -0.39 is 0 Å². The summed E-state index contributed by atoms with van der Waals surface area (Å²) in [4.78, 5) is 24.8. The van der Waals surface area contributed by atoms with E-state index in [1.807, 2.05) is 26.0 Å². The number of hydrogen-bond acceptors (Lipinski definition) is 3. The van der Waals surface area contributed by atoms with E-state index in [0.717, 1.165) is 9.99 Å². The summed E-state index contributed by atoms with van der Waals surface area (Å²) in [7, 11) is 0. The molecular weight excluding hydrogens is 461 g/mol. The van der Waals surface area contributed by atoms with E-state index in [-0.39, 0.29) is 23.0 Å². The molecule has 0 saturated carbocycles. The molecule has 3 N–H and O–H groups in total. The van der Waals surface area contributed by atoms with Crippen LogP contribution < -0.4 is 16.0 Å². The molecule has 1 atom stereocenters. The van der Waals surface area contributed by atoms with E-state index in [9.17, 15) is 9.59 Å². The number of carbonyl (C=O) groups excluding carboxylic acids is 2. The largest absolute Gasteiger partial charge is 0.350 e. The number of carbonyl (C=O) groups is 2. The summed E-state index contributed by atoms with van der Waals surface area (Å²) in [5.41, 5.74) is 1.56. The SMILES string of the molecule is CCC(C)NC(=O)c1ccccc1NC(=S)NC(=O)c1ccccc1I. The van der Waals surface area contributed by atoms with Crippen molar-refractivity contribution in [3.63, 3.8) is 0 Å². The summed E-state index contributed by atoms with van der Waals surface area (Å²) < 4.78 is 0.832. The maximum absolute atomic E-state index is 12.4. The van der Waals surface area contributed by atoms with Crippen LogP contribution in [0.2, 0.25) is 0 Å². The summed E-state index contributed by atoms with van der Waals surface area (Å²) in [6.07, 6.45) is 0.839. The van der Waals surface area contributed by atoms with Gasteiger partial charge in [-0.2, -0.15) is 0 Å². The van der Waals surface area contributed by atoms with Crippen LogP contribution in [0.1, 0.15) is 41.0 Å². The number of hydrogen-bond donors (Lipinski definition) is 3. The van der Waals surface area contributed by atoms with Crippen molar-refractivity contribution in [1.82, 2.24) is 10.6 Å². The van der Waals surface area contributed by atoms with Gasteiger partial charge in [-0.15, -0.1) is 0 Å². The van der Waals surface area contributed by atoms with Gasteiger partial charge in [-0.05, 0) is 72.4 Å². The van der Waals surface area contributed by atoms with Crippen molar-refractivity contribution in [3.8, 4) is 0 Å². The fourth-order valence-corrected chi connectivity index (χ4v) is 3.00. The second-order valence-corrected chi connectivity index (χ2v) is 7.29. The number of anilines is 1.